The van der Waals surface area contributed by atoms with Crippen LogP contribution in [0.1, 0.15) is 31.7 Å². The van der Waals surface area contributed by atoms with Crippen LogP contribution in [0.25, 0.3) is 0 Å². The third-order valence-electron chi connectivity index (χ3n) is 4.15. The normalized spacial score (nSPS) is 15.5. The molecule has 0 aromatic carbocycles. The van der Waals surface area contributed by atoms with E-state index in [0.29, 0.717) is 18.2 Å². The van der Waals surface area contributed by atoms with Gasteiger partial charge in [0.2, 0.25) is 0 Å². The van der Waals surface area contributed by atoms with E-state index in [1.54, 1.807) is 23.1 Å². The largest absolute Gasteiger partial charge is 0.279 e. The van der Waals surface area contributed by atoms with E-state index in [9.17, 15) is 8.42 Å². The van der Waals surface area contributed by atoms with Crippen molar-refractivity contribution >= 4 is 15.7 Å². The van der Waals surface area contributed by atoms with Crippen LogP contribution in [0.15, 0.2) is 35.7 Å². The lowest BCUT2D eigenvalue weighted by molar-refractivity contribution is 0.258. The van der Waals surface area contributed by atoms with Gasteiger partial charge >= 0.3 is 0 Å². The molecule has 0 spiro atoms. The van der Waals surface area contributed by atoms with Crippen molar-refractivity contribution in [1.82, 2.24) is 14.8 Å². The highest BCUT2D eigenvalue weighted by atomic mass is 32.2. The molecule has 0 unspecified atom stereocenters. The van der Waals surface area contributed by atoms with Gasteiger partial charge in [0.15, 0.2) is 5.03 Å². The summed E-state index contributed by atoms with van der Waals surface area (Å²) in [6.07, 6.45) is 9.01. The summed E-state index contributed by atoms with van der Waals surface area (Å²) >= 11 is 0. The molecular weight excluding hydrogens is 300 g/mol. The first-order valence-electron chi connectivity index (χ1n) is 7.57. The number of hydrogen-bond donors (Lipinski definition) is 1. The molecule has 1 aliphatic carbocycles. The van der Waals surface area contributed by atoms with Crippen LogP contribution < -0.4 is 4.72 Å². The summed E-state index contributed by atoms with van der Waals surface area (Å²) in [6.45, 7) is 2.64. The van der Waals surface area contributed by atoms with Gasteiger partial charge in [-0.1, -0.05) is 13.3 Å². The zero-order valence-electron chi connectivity index (χ0n) is 12.6. The van der Waals surface area contributed by atoms with Gasteiger partial charge in [-0.15, -0.1) is 0 Å². The molecular formula is C15H20N4O2S. The molecule has 3 rings (SSSR count). The summed E-state index contributed by atoms with van der Waals surface area (Å²) < 4.78 is 29.5. The number of sulfonamides is 1. The SMILES string of the molecule is CCc1ccncc1NS(=O)(=O)c1ccnn1CC1CCC1. The zero-order valence-corrected chi connectivity index (χ0v) is 13.4. The molecule has 22 heavy (non-hydrogen) atoms. The Morgan fingerprint density at radius 3 is 2.82 bits per heavy atom. The van der Waals surface area contributed by atoms with E-state index >= 15 is 0 Å². The summed E-state index contributed by atoms with van der Waals surface area (Å²) in [7, 11) is -3.65. The van der Waals surface area contributed by atoms with E-state index in [1.807, 2.05) is 13.0 Å². The Bertz CT molecular complexity index is 750. The fourth-order valence-electron chi connectivity index (χ4n) is 2.63. The molecule has 0 radical (unpaired) electrons. The van der Waals surface area contributed by atoms with E-state index in [2.05, 4.69) is 14.8 Å². The summed E-state index contributed by atoms with van der Waals surface area (Å²) in [4.78, 5) is 4.00. The third kappa shape index (κ3) is 2.99. The van der Waals surface area contributed by atoms with Crippen molar-refractivity contribution < 1.29 is 8.42 Å². The first kappa shape index (κ1) is 15.0. The number of nitrogens with zero attached hydrogens (tertiary/aromatic N) is 3. The Labute approximate surface area is 130 Å². The second-order valence-electron chi connectivity index (χ2n) is 5.64. The molecule has 2 aromatic rings. The molecule has 2 heterocycles. The molecule has 118 valence electrons. The highest BCUT2D eigenvalue weighted by molar-refractivity contribution is 7.92. The average Bonchev–Trinajstić information content (AvgIpc) is 2.92. The molecule has 1 fully saturated rings. The van der Waals surface area contributed by atoms with Crippen LogP contribution in [0.5, 0.6) is 0 Å². The maximum Gasteiger partial charge on any atom is 0.279 e. The van der Waals surface area contributed by atoms with Gasteiger partial charge in [0.05, 0.1) is 18.1 Å². The number of aryl methyl sites for hydroxylation is 1. The van der Waals surface area contributed by atoms with Crippen molar-refractivity contribution in [2.45, 2.75) is 44.2 Å². The molecule has 0 bridgehead atoms. The molecule has 1 saturated carbocycles. The van der Waals surface area contributed by atoms with Gasteiger partial charge in [-0.2, -0.15) is 13.5 Å². The van der Waals surface area contributed by atoms with Crippen LogP contribution >= 0.6 is 0 Å². The maximum atomic E-state index is 12.6. The standard InChI is InChI=1S/C15H20N4O2S/c1-2-13-6-8-16-10-14(13)18-22(20,21)15-7-9-17-19(15)11-12-4-3-5-12/h6-10,12,18H,2-5,11H2,1H3. The third-order valence-corrected chi connectivity index (χ3v) is 5.53. The molecule has 2 aromatic heterocycles. The Hall–Kier alpha value is -1.89. The average molecular weight is 320 g/mol. The Morgan fingerprint density at radius 2 is 2.14 bits per heavy atom. The number of aromatic nitrogens is 3. The molecule has 0 amide bonds. The predicted molar refractivity (Wildman–Crippen MR) is 84.0 cm³/mol. The Morgan fingerprint density at radius 1 is 1.32 bits per heavy atom. The predicted octanol–water partition coefficient (Wildman–Crippen LogP) is 2.44. The van der Waals surface area contributed by atoms with E-state index in [-0.39, 0.29) is 5.03 Å². The number of nitrogens with one attached hydrogen (secondary N) is 1. The van der Waals surface area contributed by atoms with Crippen LogP contribution in [-0.4, -0.2) is 23.2 Å². The minimum atomic E-state index is -3.65. The second-order valence-corrected chi connectivity index (χ2v) is 7.27. The topological polar surface area (TPSA) is 76.9 Å². The van der Waals surface area contributed by atoms with E-state index in [0.717, 1.165) is 24.8 Å². The lowest BCUT2D eigenvalue weighted by Gasteiger charge is -2.25. The number of rotatable bonds is 6. The van der Waals surface area contributed by atoms with Crippen molar-refractivity contribution in [3.8, 4) is 0 Å². The highest BCUT2D eigenvalue weighted by Crippen LogP contribution is 2.29. The smallest absolute Gasteiger partial charge is 0.277 e. The quantitative estimate of drug-likeness (QED) is 0.887. The molecule has 1 N–H and O–H groups in total. The van der Waals surface area contributed by atoms with Crippen LogP contribution in [0, 0.1) is 5.92 Å². The first-order valence-corrected chi connectivity index (χ1v) is 9.06. The first-order chi connectivity index (χ1) is 10.6. The minimum absolute atomic E-state index is 0.213. The highest BCUT2D eigenvalue weighted by Gasteiger charge is 2.24. The molecule has 7 heteroatoms. The monoisotopic (exact) mass is 320 g/mol. The van der Waals surface area contributed by atoms with Crippen molar-refractivity contribution in [3.05, 3.63) is 36.3 Å². The molecule has 0 atom stereocenters. The van der Waals surface area contributed by atoms with Crippen molar-refractivity contribution in [2.75, 3.05) is 4.72 Å². The Kier molecular flexibility index (Phi) is 4.15. The van der Waals surface area contributed by atoms with E-state index < -0.39 is 10.0 Å². The van der Waals surface area contributed by atoms with E-state index in [1.165, 1.54) is 12.6 Å². The van der Waals surface area contributed by atoms with Crippen LogP contribution in [-0.2, 0) is 23.0 Å². The summed E-state index contributed by atoms with van der Waals surface area (Å²) in [5.41, 5.74) is 1.45. The van der Waals surface area contributed by atoms with Crippen LogP contribution in [0.2, 0.25) is 0 Å². The molecule has 6 nitrogen and oxygen atoms in total. The zero-order chi connectivity index (χ0) is 15.6. The van der Waals surface area contributed by atoms with Crippen molar-refractivity contribution in [3.63, 3.8) is 0 Å². The molecule has 0 saturated heterocycles. The van der Waals surface area contributed by atoms with Gasteiger partial charge in [0.25, 0.3) is 10.0 Å². The fourth-order valence-corrected chi connectivity index (χ4v) is 3.84. The number of hydrogen-bond acceptors (Lipinski definition) is 4. The van der Waals surface area contributed by atoms with Gasteiger partial charge in [-0.3, -0.25) is 14.4 Å². The maximum absolute atomic E-state index is 12.6. The minimum Gasteiger partial charge on any atom is -0.277 e. The summed E-state index contributed by atoms with van der Waals surface area (Å²) in [5, 5.41) is 4.38. The summed E-state index contributed by atoms with van der Waals surface area (Å²) in [6, 6.07) is 3.37. The van der Waals surface area contributed by atoms with Crippen LogP contribution in [0.3, 0.4) is 0 Å². The fraction of sp³-hybridized carbons (Fsp3) is 0.467. The van der Waals surface area contributed by atoms with Gasteiger partial charge in [0.1, 0.15) is 0 Å². The molecule has 0 aliphatic heterocycles. The molecule has 1 aliphatic rings. The summed E-state index contributed by atoms with van der Waals surface area (Å²) in [5.74, 6) is 0.540. The second kappa shape index (κ2) is 6.08. The van der Waals surface area contributed by atoms with Gasteiger partial charge in [-0.05, 0) is 42.9 Å². The lowest BCUT2D eigenvalue weighted by atomic mass is 9.85. The Balaban J connectivity index is 1.85. The van der Waals surface area contributed by atoms with Crippen molar-refractivity contribution in [2.24, 2.45) is 5.92 Å². The number of anilines is 1. The van der Waals surface area contributed by atoms with Gasteiger partial charge in [0, 0.05) is 12.7 Å². The van der Waals surface area contributed by atoms with E-state index in [4.69, 9.17) is 0 Å². The number of pyridine rings is 1. The van der Waals surface area contributed by atoms with Gasteiger partial charge in [-0.25, -0.2) is 0 Å². The van der Waals surface area contributed by atoms with Gasteiger partial charge < -0.3 is 0 Å². The van der Waals surface area contributed by atoms with Crippen molar-refractivity contribution in [1.29, 1.82) is 0 Å². The lowest BCUT2D eigenvalue weighted by Crippen LogP contribution is -2.24. The van der Waals surface area contributed by atoms with Crippen LogP contribution in [0.4, 0.5) is 5.69 Å².